The molecule has 196 valence electrons. The Morgan fingerprint density at radius 1 is 1.06 bits per heavy atom. The summed E-state index contributed by atoms with van der Waals surface area (Å²) in [5.74, 6) is 0.712. The molecule has 4 rings (SSSR count). The van der Waals surface area contributed by atoms with E-state index in [1.54, 1.807) is 6.07 Å². The molecule has 6 nitrogen and oxygen atoms in total. The highest BCUT2D eigenvalue weighted by molar-refractivity contribution is 6.31. The molecule has 1 heterocycles. The first kappa shape index (κ1) is 26.7. The number of carbonyl (C=O) groups is 1. The normalized spacial score (nSPS) is 20.0. The number of nitrogens with one attached hydrogen (secondary N) is 2. The van der Waals surface area contributed by atoms with Crippen molar-refractivity contribution in [3.63, 3.8) is 0 Å². The van der Waals surface area contributed by atoms with Crippen LogP contribution in [0.3, 0.4) is 0 Å². The number of carbonyl (C=O) groups excluding carboxylic acids is 1. The van der Waals surface area contributed by atoms with Crippen LogP contribution in [0.4, 0.5) is 5.69 Å². The lowest BCUT2D eigenvalue weighted by atomic mass is 9.88. The molecule has 0 spiro atoms. The van der Waals surface area contributed by atoms with E-state index in [9.17, 15) is 9.59 Å². The van der Waals surface area contributed by atoms with Crippen molar-refractivity contribution in [3.8, 4) is 0 Å². The molecule has 0 unspecified atom stereocenters. The summed E-state index contributed by atoms with van der Waals surface area (Å²) in [4.78, 5) is 33.4. The number of nitrogens with zero attached hydrogens (tertiary/aromatic N) is 2. The lowest BCUT2D eigenvalue weighted by Crippen LogP contribution is -2.44. The Morgan fingerprint density at radius 3 is 2.33 bits per heavy atom. The Morgan fingerprint density at radius 2 is 1.72 bits per heavy atom. The topological polar surface area (TPSA) is 68.4 Å². The molecule has 1 aromatic carbocycles. The van der Waals surface area contributed by atoms with Gasteiger partial charge in [-0.1, -0.05) is 11.6 Å². The van der Waals surface area contributed by atoms with Crippen LogP contribution >= 0.6 is 11.6 Å². The monoisotopic (exact) mass is 512 g/mol. The van der Waals surface area contributed by atoms with Crippen molar-refractivity contribution >= 4 is 23.2 Å². The number of hydrogen-bond donors (Lipinski definition) is 2. The van der Waals surface area contributed by atoms with Crippen LogP contribution in [-0.2, 0) is 6.54 Å². The van der Waals surface area contributed by atoms with E-state index >= 15 is 0 Å². The van der Waals surface area contributed by atoms with E-state index in [2.05, 4.69) is 34.1 Å². The van der Waals surface area contributed by atoms with Crippen molar-refractivity contribution in [1.82, 2.24) is 15.2 Å². The second-order valence-corrected chi connectivity index (χ2v) is 11.3. The highest BCUT2D eigenvalue weighted by atomic mass is 35.5. The van der Waals surface area contributed by atoms with Crippen LogP contribution in [0.5, 0.6) is 0 Å². The summed E-state index contributed by atoms with van der Waals surface area (Å²) in [5, 5.41) is 3.50. The molecule has 2 N–H and O–H groups in total. The number of H-pyrrole nitrogens is 1. The van der Waals surface area contributed by atoms with Gasteiger partial charge < -0.3 is 20.1 Å². The molecule has 2 aromatic rings. The summed E-state index contributed by atoms with van der Waals surface area (Å²) in [6.07, 6.45) is 7.51. The zero-order valence-corrected chi connectivity index (χ0v) is 23.2. The maximum absolute atomic E-state index is 13.2. The first-order chi connectivity index (χ1) is 17.2. The number of aryl methyl sites for hydroxylation is 2. The number of hydrogen-bond acceptors (Lipinski definition) is 4. The highest BCUT2D eigenvalue weighted by Gasteiger charge is 2.31. The molecule has 2 aliphatic carbocycles. The Labute approximate surface area is 220 Å². The van der Waals surface area contributed by atoms with Gasteiger partial charge in [-0.15, -0.1) is 0 Å². The molecule has 0 bridgehead atoms. The summed E-state index contributed by atoms with van der Waals surface area (Å²) >= 11 is 6.54. The molecule has 2 aliphatic rings. The van der Waals surface area contributed by atoms with Gasteiger partial charge >= 0.3 is 0 Å². The average Bonchev–Trinajstić information content (AvgIpc) is 3.65. The van der Waals surface area contributed by atoms with E-state index in [0.29, 0.717) is 28.2 Å². The molecule has 0 saturated heterocycles. The highest BCUT2D eigenvalue weighted by Crippen LogP contribution is 2.36. The molecule has 0 aliphatic heterocycles. The fourth-order valence-electron chi connectivity index (χ4n) is 5.86. The van der Waals surface area contributed by atoms with Crippen LogP contribution in [0.2, 0.25) is 5.02 Å². The van der Waals surface area contributed by atoms with Gasteiger partial charge in [0, 0.05) is 59.2 Å². The maximum Gasteiger partial charge on any atom is 0.253 e. The first-order valence-corrected chi connectivity index (χ1v) is 13.8. The zero-order valence-electron chi connectivity index (χ0n) is 22.4. The van der Waals surface area contributed by atoms with Gasteiger partial charge in [-0.2, -0.15) is 0 Å². The zero-order chi connectivity index (χ0) is 26.0. The third-order valence-corrected chi connectivity index (χ3v) is 8.35. The van der Waals surface area contributed by atoms with Gasteiger partial charge in [-0.25, -0.2) is 0 Å². The van der Waals surface area contributed by atoms with E-state index in [-0.39, 0.29) is 18.0 Å². The van der Waals surface area contributed by atoms with Gasteiger partial charge in [0.15, 0.2) is 0 Å². The van der Waals surface area contributed by atoms with Crippen LogP contribution in [0.1, 0.15) is 78.2 Å². The second kappa shape index (κ2) is 11.4. The smallest absolute Gasteiger partial charge is 0.253 e. The molecular formula is C29H41ClN4O2. The third kappa shape index (κ3) is 6.15. The van der Waals surface area contributed by atoms with Crippen molar-refractivity contribution in [1.29, 1.82) is 0 Å². The van der Waals surface area contributed by atoms with Crippen molar-refractivity contribution in [2.24, 2.45) is 5.92 Å². The number of amides is 1. The number of pyridine rings is 1. The van der Waals surface area contributed by atoms with Gasteiger partial charge in [0.2, 0.25) is 0 Å². The fraction of sp³-hybridized carbons (Fsp3) is 0.586. The minimum absolute atomic E-state index is 0.160. The van der Waals surface area contributed by atoms with Crippen molar-refractivity contribution in [2.75, 3.05) is 25.0 Å². The summed E-state index contributed by atoms with van der Waals surface area (Å²) in [6.45, 7) is 10.2. The quantitative estimate of drug-likeness (QED) is 0.474. The van der Waals surface area contributed by atoms with Crippen LogP contribution in [0.25, 0.3) is 0 Å². The summed E-state index contributed by atoms with van der Waals surface area (Å²) in [7, 11) is 2.29. The van der Waals surface area contributed by atoms with Gasteiger partial charge in [0.05, 0.1) is 0 Å². The number of anilines is 1. The Bertz CT molecular complexity index is 1150. The Balaban J connectivity index is 1.47. The standard InChI is InChI=1S/C29H41ClN4O2/c1-6-34(24-11-9-23(10-12-24)33(5)17-21-7-8-21)27-15-22(30)14-25(20(27)4)28(35)31-16-26-18(2)13-19(3)32-29(26)36/h13-15,21,23-24H,6-12,16-17H2,1-5H3,(H,31,35)(H,32,36). The molecule has 0 atom stereocenters. The van der Waals surface area contributed by atoms with Gasteiger partial charge in [0.25, 0.3) is 11.5 Å². The molecule has 7 heteroatoms. The van der Waals surface area contributed by atoms with Crippen LogP contribution in [0.15, 0.2) is 23.0 Å². The molecule has 36 heavy (non-hydrogen) atoms. The predicted molar refractivity (Wildman–Crippen MR) is 148 cm³/mol. The Hall–Kier alpha value is -2.31. The lowest BCUT2D eigenvalue weighted by Gasteiger charge is -2.41. The van der Waals surface area contributed by atoms with Crippen LogP contribution in [-0.4, -0.2) is 48.0 Å². The van der Waals surface area contributed by atoms with E-state index < -0.39 is 0 Å². The fourth-order valence-corrected chi connectivity index (χ4v) is 6.07. The largest absolute Gasteiger partial charge is 0.369 e. The van der Waals surface area contributed by atoms with E-state index in [0.717, 1.165) is 47.8 Å². The average molecular weight is 513 g/mol. The van der Waals surface area contributed by atoms with E-state index in [4.69, 9.17) is 11.6 Å². The molecule has 2 saturated carbocycles. The maximum atomic E-state index is 13.2. The van der Waals surface area contributed by atoms with E-state index in [1.807, 2.05) is 32.9 Å². The molecule has 2 fully saturated rings. The number of aromatic amines is 1. The number of rotatable bonds is 9. The lowest BCUT2D eigenvalue weighted by molar-refractivity contribution is 0.0950. The SMILES string of the molecule is CCN(c1cc(Cl)cc(C(=O)NCc2c(C)cc(C)[nH]c2=O)c1C)C1CCC(N(C)CC2CC2)CC1. The van der Waals surface area contributed by atoms with Crippen LogP contribution in [0, 0.1) is 26.7 Å². The van der Waals surface area contributed by atoms with Gasteiger partial charge in [0.1, 0.15) is 0 Å². The van der Waals surface area contributed by atoms with Gasteiger partial charge in [-0.05, 0) is 109 Å². The number of halogens is 1. The second-order valence-electron chi connectivity index (χ2n) is 10.9. The van der Waals surface area contributed by atoms with E-state index in [1.165, 1.54) is 32.2 Å². The number of aromatic nitrogens is 1. The minimum atomic E-state index is -0.211. The first-order valence-electron chi connectivity index (χ1n) is 13.4. The van der Waals surface area contributed by atoms with Crippen molar-refractivity contribution in [3.05, 3.63) is 61.5 Å². The van der Waals surface area contributed by atoms with Gasteiger partial charge in [-0.3, -0.25) is 9.59 Å². The summed E-state index contributed by atoms with van der Waals surface area (Å²) < 4.78 is 0. The van der Waals surface area contributed by atoms with Crippen molar-refractivity contribution in [2.45, 2.75) is 84.8 Å². The molecule has 1 aromatic heterocycles. The summed E-state index contributed by atoms with van der Waals surface area (Å²) in [5.41, 5.74) is 4.63. The molecular weight excluding hydrogens is 472 g/mol. The van der Waals surface area contributed by atoms with Crippen LogP contribution < -0.4 is 15.8 Å². The third-order valence-electron chi connectivity index (χ3n) is 8.13. The van der Waals surface area contributed by atoms with Crippen molar-refractivity contribution < 1.29 is 4.79 Å². The Kier molecular flexibility index (Phi) is 8.46. The predicted octanol–water partition coefficient (Wildman–Crippen LogP) is 5.36. The molecule has 1 amide bonds. The minimum Gasteiger partial charge on any atom is -0.369 e. The number of benzene rings is 1. The summed E-state index contributed by atoms with van der Waals surface area (Å²) in [6, 6.07) is 6.78. The molecule has 0 radical (unpaired) electrons.